The molecule has 1 atom stereocenters. The first kappa shape index (κ1) is 22.1. The van der Waals surface area contributed by atoms with E-state index in [4.69, 9.17) is 4.99 Å². The fourth-order valence-electron chi connectivity index (χ4n) is 4.32. The van der Waals surface area contributed by atoms with E-state index in [1.165, 1.54) is 29.5 Å². The Morgan fingerprint density at radius 2 is 1.76 bits per heavy atom. The molecule has 1 heterocycles. The van der Waals surface area contributed by atoms with Crippen molar-refractivity contribution in [1.82, 2.24) is 15.5 Å². The van der Waals surface area contributed by atoms with Crippen molar-refractivity contribution in [3.05, 3.63) is 71.3 Å². The third kappa shape index (κ3) is 5.95. The van der Waals surface area contributed by atoms with Gasteiger partial charge in [-0.25, -0.2) is 0 Å². The first-order chi connectivity index (χ1) is 13.8. The number of rotatable bonds is 6. The van der Waals surface area contributed by atoms with Crippen LogP contribution in [-0.4, -0.2) is 43.1 Å². The summed E-state index contributed by atoms with van der Waals surface area (Å²) < 4.78 is 0. The van der Waals surface area contributed by atoms with E-state index in [0.29, 0.717) is 12.0 Å². The van der Waals surface area contributed by atoms with Crippen LogP contribution in [0, 0.1) is 0 Å². The normalized spacial score (nSPS) is 19.6. The number of benzene rings is 2. The second kappa shape index (κ2) is 11.0. The maximum Gasteiger partial charge on any atom is 0.191 e. The molecule has 0 aromatic heterocycles. The van der Waals surface area contributed by atoms with Gasteiger partial charge in [-0.15, -0.1) is 24.0 Å². The number of aliphatic imine (C=N–C) groups is 1. The first-order valence-corrected chi connectivity index (χ1v) is 10.7. The van der Waals surface area contributed by atoms with Crippen LogP contribution >= 0.6 is 24.0 Å². The molecule has 2 aromatic rings. The van der Waals surface area contributed by atoms with Crippen molar-refractivity contribution in [3.8, 4) is 0 Å². The highest BCUT2D eigenvalue weighted by Crippen LogP contribution is 2.34. The number of guanidine groups is 1. The second-order valence-corrected chi connectivity index (χ2v) is 8.00. The molecule has 1 aliphatic heterocycles. The molecule has 2 N–H and O–H groups in total. The van der Waals surface area contributed by atoms with Crippen LogP contribution in [-0.2, 0) is 13.0 Å². The maximum absolute atomic E-state index is 4.90. The van der Waals surface area contributed by atoms with E-state index in [-0.39, 0.29) is 24.0 Å². The molecular weight excluding hydrogens is 471 g/mol. The van der Waals surface area contributed by atoms with E-state index in [0.717, 1.165) is 45.1 Å². The lowest BCUT2D eigenvalue weighted by molar-refractivity contribution is 0.198. The molecule has 29 heavy (non-hydrogen) atoms. The van der Waals surface area contributed by atoms with Gasteiger partial charge in [-0.05, 0) is 42.9 Å². The van der Waals surface area contributed by atoms with Crippen LogP contribution in [0.2, 0.25) is 0 Å². The summed E-state index contributed by atoms with van der Waals surface area (Å²) in [6, 6.07) is 20.1. The summed E-state index contributed by atoms with van der Waals surface area (Å²) in [5.74, 6) is 1.56. The predicted octanol–water partition coefficient (Wildman–Crippen LogP) is 4.16. The molecule has 0 saturated carbocycles. The average Bonchev–Trinajstić information content (AvgIpc) is 2.71. The van der Waals surface area contributed by atoms with Crippen molar-refractivity contribution in [1.29, 1.82) is 0 Å². The van der Waals surface area contributed by atoms with Crippen LogP contribution < -0.4 is 10.6 Å². The standard InChI is InChI=1S/C24H32N4.HI/c1-2-25-24(26-17-21-16-20-10-6-7-11-23(20)21)27-22-12-14-28(15-13-22)18-19-8-4-3-5-9-19;/h3-11,21-22H,2,12-18H2,1H3,(H2,25,26,27);1H. The van der Waals surface area contributed by atoms with Crippen molar-refractivity contribution in [3.63, 3.8) is 0 Å². The number of halogens is 1. The molecule has 1 aliphatic carbocycles. The van der Waals surface area contributed by atoms with E-state index < -0.39 is 0 Å². The quantitative estimate of drug-likeness (QED) is 0.353. The van der Waals surface area contributed by atoms with Gasteiger partial charge in [0.05, 0.1) is 0 Å². The lowest BCUT2D eigenvalue weighted by Crippen LogP contribution is -2.48. The van der Waals surface area contributed by atoms with Crippen LogP contribution in [0.15, 0.2) is 59.6 Å². The smallest absolute Gasteiger partial charge is 0.191 e. The molecule has 0 spiro atoms. The minimum atomic E-state index is 0. The first-order valence-electron chi connectivity index (χ1n) is 10.7. The molecule has 4 nitrogen and oxygen atoms in total. The Hall–Kier alpha value is -1.60. The second-order valence-electron chi connectivity index (χ2n) is 8.00. The van der Waals surface area contributed by atoms with Gasteiger partial charge in [-0.3, -0.25) is 9.89 Å². The minimum absolute atomic E-state index is 0. The zero-order valence-electron chi connectivity index (χ0n) is 17.3. The Morgan fingerprint density at radius 3 is 2.48 bits per heavy atom. The van der Waals surface area contributed by atoms with E-state index in [1.54, 1.807) is 0 Å². The van der Waals surface area contributed by atoms with Gasteiger partial charge in [0.1, 0.15) is 0 Å². The van der Waals surface area contributed by atoms with Crippen molar-refractivity contribution >= 4 is 29.9 Å². The highest BCUT2D eigenvalue weighted by Gasteiger charge is 2.25. The summed E-state index contributed by atoms with van der Waals surface area (Å²) in [6.07, 6.45) is 3.50. The van der Waals surface area contributed by atoms with Gasteiger partial charge in [0, 0.05) is 44.7 Å². The van der Waals surface area contributed by atoms with Gasteiger partial charge in [0.15, 0.2) is 5.96 Å². The van der Waals surface area contributed by atoms with Crippen molar-refractivity contribution in [2.45, 2.75) is 44.7 Å². The van der Waals surface area contributed by atoms with Crippen LogP contribution in [0.4, 0.5) is 0 Å². The molecule has 1 unspecified atom stereocenters. The van der Waals surface area contributed by atoms with E-state index >= 15 is 0 Å². The Balaban J connectivity index is 0.00000240. The lowest BCUT2D eigenvalue weighted by atomic mass is 9.78. The van der Waals surface area contributed by atoms with Crippen molar-refractivity contribution < 1.29 is 0 Å². The van der Waals surface area contributed by atoms with E-state index in [1.807, 2.05) is 0 Å². The summed E-state index contributed by atoms with van der Waals surface area (Å²) in [5, 5.41) is 7.11. The number of hydrogen-bond acceptors (Lipinski definition) is 2. The largest absolute Gasteiger partial charge is 0.357 e. The van der Waals surface area contributed by atoms with Crippen LogP contribution in [0.1, 0.15) is 42.4 Å². The van der Waals surface area contributed by atoms with Crippen molar-refractivity contribution in [2.75, 3.05) is 26.2 Å². The number of fused-ring (bicyclic) bond motifs is 1. The summed E-state index contributed by atoms with van der Waals surface area (Å²) in [6.45, 7) is 7.25. The molecule has 156 valence electrons. The summed E-state index contributed by atoms with van der Waals surface area (Å²) in [4.78, 5) is 7.45. The number of piperidine rings is 1. The highest BCUT2D eigenvalue weighted by atomic mass is 127. The lowest BCUT2D eigenvalue weighted by Gasteiger charge is -2.33. The summed E-state index contributed by atoms with van der Waals surface area (Å²) in [7, 11) is 0. The monoisotopic (exact) mass is 504 g/mol. The number of nitrogens with one attached hydrogen (secondary N) is 2. The topological polar surface area (TPSA) is 39.7 Å². The van der Waals surface area contributed by atoms with Gasteiger partial charge in [-0.2, -0.15) is 0 Å². The number of likely N-dealkylation sites (tertiary alicyclic amines) is 1. The Bertz CT molecular complexity index is 784. The number of nitrogens with zero attached hydrogens (tertiary/aromatic N) is 2. The molecule has 1 saturated heterocycles. The van der Waals surface area contributed by atoms with Gasteiger partial charge < -0.3 is 10.6 Å². The molecular formula is C24H33IN4. The molecule has 2 aliphatic rings. The van der Waals surface area contributed by atoms with Gasteiger partial charge >= 0.3 is 0 Å². The van der Waals surface area contributed by atoms with Gasteiger partial charge in [0.2, 0.25) is 0 Å². The third-order valence-corrected chi connectivity index (χ3v) is 5.95. The van der Waals surface area contributed by atoms with Crippen LogP contribution in [0.25, 0.3) is 0 Å². The minimum Gasteiger partial charge on any atom is -0.357 e. The molecule has 0 bridgehead atoms. The SMILES string of the molecule is CCNC(=NCC1Cc2ccccc21)NC1CCN(Cc2ccccc2)CC1.I. The number of hydrogen-bond donors (Lipinski definition) is 2. The van der Waals surface area contributed by atoms with Gasteiger partial charge in [-0.1, -0.05) is 54.6 Å². The predicted molar refractivity (Wildman–Crippen MR) is 132 cm³/mol. The third-order valence-electron chi connectivity index (χ3n) is 5.95. The zero-order valence-corrected chi connectivity index (χ0v) is 19.6. The highest BCUT2D eigenvalue weighted by molar-refractivity contribution is 14.0. The molecule has 5 heteroatoms. The van der Waals surface area contributed by atoms with Crippen molar-refractivity contribution in [2.24, 2.45) is 4.99 Å². The molecule has 0 amide bonds. The molecule has 1 fully saturated rings. The molecule has 2 aromatic carbocycles. The molecule has 0 radical (unpaired) electrons. The van der Waals surface area contributed by atoms with E-state index in [9.17, 15) is 0 Å². The Labute approximate surface area is 192 Å². The van der Waals surface area contributed by atoms with Gasteiger partial charge in [0.25, 0.3) is 0 Å². The average molecular weight is 504 g/mol. The Kier molecular flexibility index (Phi) is 8.36. The maximum atomic E-state index is 4.90. The van der Waals surface area contributed by atoms with E-state index in [2.05, 4.69) is 77.1 Å². The van der Waals surface area contributed by atoms with Crippen LogP contribution in [0.5, 0.6) is 0 Å². The fourth-order valence-corrected chi connectivity index (χ4v) is 4.32. The Morgan fingerprint density at radius 1 is 1.03 bits per heavy atom. The van der Waals surface area contributed by atoms with Crippen LogP contribution in [0.3, 0.4) is 0 Å². The summed E-state index contributed by atoms with van der Waals surface area (Å²) in [5.41, 5.74) is 4.38. The zero-order chi connectivity index (χ0) is 19.2. The summed E-state index contributed by atoms with van der Waals surface area (Å²) >= 11 is 0. The molecule has 4 rings (SSSR count). The fraction of sp³-hybridized carbons (Fsp3) is 0.458.